The van der Waals surface area contributed by atoms with Crippen LogP contribution in [-0.2, 0) is 6.54 Å². The molecule has 56 valence electrons. The van der Waals surface area contributed by atoms with Crippen LogP contribution in [0.2, 0.25) is 0 Å². The van der Waals surface area contributed by atoms with Crippen molar-refractivity contribution in [1.29, 1.82) is 0 Å². The number of hydrogen-bond donors (Lipinski definition) is 1. The molecule has 0 aromatic carbocycles. The zero-order chi connectivity index (χ0) is 7.40. The molecule has 1 aromatic rings. The molecule has 0 amide bonds. The van der Waals surface area contributed by atoms with Crippen LogP contribution in [-0.4, -0.2) is 26.8 Å². The van der Waals surface area contributed by atoms with Crippen LogP contribution in [0.1, 0.15) is 12.2 Å². The monoisotopic (exact) mass is 141 g/mol. The summed E-state index contributed by atoms with van der Waals surface area (Å²) < 4.78 is 1.74. The normalized spacial score (nSPS) is 10.2. The van der Waals surface area contributed by atoms with Crippen LogP contribution >= 0.6 is 0 Å². The first-order chi connectivity index (χ1) is 4.84. The van der Waals surface area contributed by atoms with Gasteiger partial charge in [-0.15, -0.1) is 5.10 Å². The largest absolute Gasteiger partial charge is 0.330 e. The van der Waals surface area contributed by atoms with Gasteiger partial charge in [0.2, 0.25) is 0 Å². The lowest BCUT2D eigenvalue weighted by Gasteiger charge is -1.97. The van der Waals surface area contributed by atoms with Crippen molar-refractivity contribution in [3.63, 3.8) is 0 Å². The van der Waals surface area contributed by atoms with E-state index in [4.69, 9.17) is 5.73 Å². The lowest BCUT2D eigenvalue weighted by molar-refractivity contribution is 0.552. The number of nitrogens with zero attached hydrogens (tertiary/aromatic N) is 4. The quantitative estimate of drug-likeness (QED) is 0.606. The van der Waals surface area contributed by atoms with Gasteiger partial charge >= 0.3 is 0 Å². The summed E-state index contributed by atoms with van der Waals surface area (Å²) in [6.45, 7) is 3.37. The van der Waals surface area contributed by atoms with E-state index in [9.17, 15) is 0 Å². The van der Waals surface area contributed by atoms with Gasteiger partial charge in [0.15, 0.2) is 0 Å². The van der Waals surface area contributed by atoms with Crippen LogP contribution in [0.25, 0.3) is 0 Å². The van der Waals surface area contributed by atoms with Gasteiger partial charge in [-0.2, -0.15) is 0 Å². The van der Waals surface area contributed by atoms with E-state index in [1.165, 1.54) is 0 Å². The summed E-state index contributed by atoms with van der Waals surface area (Å²) in [5, 5.41) is 11.0. The summed E-state index contributed by atoms with van der Waals surface area (Å²) in [6.07, 6.45) is 0.922. The Morgan fingerprint density at radius 1 is 1.60 bits per heavy atom. The van der Waals surface area contributed by atoms with E-state index < -0.39 is 0 Å². The van der Waals surface area contributed by atoms with Gasteiger partial charge in [0.25, 0.3) is 0 Å². The van der Waals surface area contributed by atoms with E-state index in [1.807, 2.05) is 6.92 Å². The van der Waals surface area contributed by atoms with Crippen LogP contribution < -0.4 is 5.73 Å². The highest BCUT2D eigenvalue weighted by Gasteiger charge is 1.96. The fraction of sp³-hybridized carbons (Fsp3) is 0.800. The molecule has 1 aromatic heterocycles. The number of nitrogens with two attached hydrogens (primary N) is 1. The molecule has 0 unspecified atom stereocenters. The molecule has 0 radical (unpaired) electrons. The standard InChI is InChI=1S/C5H11N5/c1-5-7-8-9-10(5)4-2-3-6/h2-4,6H2,1H3. The van der Waals surface area contributed by atoms with Crippen molar-refractivity contribution in [2.75, 3.05) is 6.54 Å². The Balaban J connectivity index is 2.49. The minimum absolute atomic E-state index is 0.680. The Labute approximate surface area is 59.2 Å². The first-order valence-corrected chi connectivity index (χ1v) is 3.27. The molecular formula is C5H11N5. The highest BCUT2D eigenvalue weighted by Crippen LogP contribution is 1.89. The van der Waals surface area contributed by atoms with E-state index in [0.717, 1.165) is 18.8 Å². The molecule has 0 atom stereocenters. The molecule has 0 bridgehead atoms. The van der Waals surface area contributed by atoms with E-state index in [0.29, 0.717) is 6.54 Å². The Bertz CT molecular complexity index is 194. The molecular weight excluding hydrogens is 130 g/mol. The van der Waals surface area contributed by atoms with E-state index in [2.05, 4.69) is 15.5 Å². The van der Waals surface area contributed by atoms with E-state index in [1.54, 1.807) is 4.68 Å². The lowest BCUT2D eigenvalue weighted by Crippen LogP contribution is -2.08. The number of hydrogen-bond acceptors (Lipinski definition) is 4. The lowest BCUT2D eigenvalue weighted by atomic mass is 10.4. The minimum Gasteiger partial charge on any atom is -0.330 e. The fourth-order valence-electron chi connectivity index (χ4n) is 0.697. The number of aryl methyl sites for hydroxylation is 2. The molecule has 2 N–H and O–H groups in total. The van der Waals surface area contributed by atoms with Gasteiger partial charge in [-0.25, -0.2) is 4.68 Å². The van der Waals surface area contributed by atoms with Gasteiger partial charge in [0.05, 0.1) is 0 Å². The first-order valence-electron chi connectivity index (χ1n) is 3.27. The van der Waals surface area contributed by atoms with Crippen LogP contribution in [0.3, 0.4) is 0 Å². The molecule has 0 aliphatic rings. The number of tetrazole rings is 1. The third kappa shape index (κ3) is 1.51. The molecule has 0 spiro atoms. The molecule has 1 heterocycles. The predicted octanol–water partition coefficient (Wildman–Crippen LogP) is -0.670. The minimum atomic E-state index is 0.680. The predicted molar refractivity (Wildman–Crippen MR) is 36.2 cm³/mol. The van der Waals surface area contributed by atoms with Gasteiger partial charge < -0.3 is 5.73 Å². The van der Waals surface area contributed by atoms with Crippen LogP contribution in [0.4, 0.5) is 0 Å². The fourth-order valence-corrected chi connectivity index (χ4v) is 0.697. The van der Waals surface area contributed by atoms with E-state index >= 15 is 0 Å². The van der Waals surface area contributed by atoms with Crippen molar-refractivity contribution >= 4 is 0 Å². The Hall–Kier alpha value is -0.970. The maximum absolute atomic E-state index is 5.31. The second-order valence-corrected chi connectivity index (χ2v) is 2.09. The summed E-state index contributed by atoms with van der Waals surface area (Å²) in [5.74, 6) is 0.841. The smallest absolute Gasteiger partial charge is 0.148 e. The highest BCUT2D eigenvalue weighted by atomic mass is 15.5. The van der Waals surface area contributed by atoms with Crippen LogP contribution in [0.15, 0.2) is 0 Å². The molecule has 10 heavy (non-hydrogen) atoms. The van der Waals surface area contributed by atoms with Crippen LogP contribution in [0.5, 0.6) is 0 Å². The number of rotatable bonds is 3. The summed E-state index contributed by atoms with van der Waals surface area (Å²) in [4.78, 5) is 0. The summed E-state index contributed by atoms with van der Waals surface area (Å²) in [7, 11) is 0. The maximum atomic E-state index is 5.31. The summed E-state index contributed by atoms with van der Waals surface area (Å²) in [6, 6.07) is 0. The maximum Gasteiger partial charge on any atom is 0.148 e. The summed E-state index contributed by atoms with van der Waals surface area (Å²) in [5.41, 5.74) is 5.31. The molecule has 0 aliphatic carbocycles. The second-order valence-electron chi connectivity index (χ2n) is 2.09. The van der Waals surface area contributed by atoms with Crippen molar-refractivity contribution in [2.24, 2.45) is 5.73 Å². The SMILES string of the molecule is Cc1nnnn1CCCN. The molecule has 5 heteroatoms. The molecule has 0 saturated heterocycles. The van der Waals surface area contributed by atoms with Crippen molar-refractivity contribution in [2.45, 2.75) is 19.9 Å². The highest BCUT2D eigenvalue weighted by molar-refractivity contribution is 4.72. The van der Waals surface area contributed by atoms with Gasteiger partial charge in [0.1, 0.15) is 5.82 Å². The first kappa shape index (κ1) is 7.14. The average Bonchev–Trinajstić information content (AvgIpc) is 2.31. The van der Waals surface area contributed by atoms with E-state index in [-0.39, 0.29) is 0 Å². The van der Waals surface area contributed by atoms with Crippen molar-refractivity contribution in [3.8, 4) is 0 Å². The third-order valence-electron chi connectivity index (χ3n) is 1.28. The van der Waals surface area contributed by atoms with Gasteiger partial charge in [-0.05, 0) is 30.3 Å². The molecule has 5 nitrogen and oxygen atoms in total. The molecule has 0 fully saturated rings. The molecule has 1 rings (SSSR count). The molecule has 0 aliphatic heterocycles. The Kier molecular flexibility index (Phi) is 2.33. The van der Waals surface area contributed by atoms with Gasteiger partial charge in [-0.1, -0.05) is 0 Å². The second kappa shape index (κ2) is 3.26. The Morgan fingerprint density at radius 2 is 2.40 bits per heavy atom. The zero-order valence-corrected chi connectivity index (χ0v) is 5.99. The number of aromatic nitrogens is 4. The Morgan fingerprint density at radius 3 is 2.90 bits per heavy atom. The van der Waals surface area contributed by atoms with Crippen molar-refractivity contribution < 1.29 is 0 Å². The van der Waals surface area contributed by atoms with Gasteiger partial charge in [0, 0.05) is 6.54 Å². The van der Waals surface area contributed by atoms with Crippen molar-refractivity contribution in [3.05, 3.63) is 5.82 Å². The van der Waals surface area contributed by atoms with Crippen molar-refractivity contribution in [1.82, 2.24) is 20.2 Å². The topological polar surface area (TPSA) is 69.6 Å². The molecule has 0 saturated carbocycles. The zero-order valence-electron chi connectivity index (χ0n) is 5.99. The average molecular weight is 141 g/mol. The van der Waals surface area contributed by atoms with Crippen LogP contribution in [0, 0.1) is 6.92 Å². The summed E-state index contributed by atoms with van der Waals surface area (Å²) >= 11 is 0. The third-order valence-corrected chi connectivity index (χ3v) is 1.28. The van der Waals surface area contributed by atoms with Gasteiger partial charge in [-0.3, -0.25) is 0 Å².